The number of carbonyl (C=O) groups excluding carboxylic acids is 1. The number of rotatable bonds is 3. The van der Waals surface area contributed by atoms with Gasteiger partial charge >= 0.3 is 0 Å². The summed E-state index contributed by atoms with van der Waals surface area (Å²) in [5, 5.41) is 3.37. The zero-order chi connectivity index (χ0) is 14.8. The Bertz CT molecular complexity index is 526. The normalized spacial score (nSPS) is 22.9. The van der Waals surface area contributed by atoms with Crippen molar-refractivity contribution in [3.8, 4) is 5.75 Å². The van der Waals surface area contributed by atoms with Crippen molar-refractivity contribution in [1.29, 1.82) is 0 Å². The Morgan fingerprint density at radius 3 is 2.86 bits per heavy atom. The first kappa shape index (κ1) is 14.4. The number of likely N-dealkylation sites (N-methyl/N-ethyl adjacent to an activating group) is 1. The molecule has 1 fully saturated rings. The lowest BCUT2D eigenvalue weighted by Gasteiger charge is -2.31. The molecule has 5 heteroatoms. The number of nitrogens with one attached hydrogen (secondary N) is 1. The number of carbonyl (C=O) groups is 1. The monoisotopic (exact) mass is 289 g/mol. The van der Waals surface area contributed by atoms with E-state index in [4.69, 9.17) is 4.74 Å². The Kier molecular flexibility index (Phi) is 4.12. The molecule has 2 aliphatic heterocycles. The van der Waals surface area contributed by atoms with Gasteiger partial charge in [0, 0.05) is 39.8 Å². The fourth-order valence-corrected chi connectivity index (χ4v) is 2.93. The average Bonchev–Trinajstić information content (AvgIpc) is 2.52. The van der Waals surface area contributed by atoms with E-state index in [1.807, 2.05) is 13.1 Å². The summed E-state index contributed by atoms with van der Waals surface area (Å²) in [5.74, 6) is 0.817. The van der Waals surface area contributed by atoms with Crippen molar-refractivity contribution in [2.75, 3.05) is 44.7 Å². The third kappa shape index (κ3) is 3.04. The van der Waals surface area contributed by atoms with Gasteiger partial charge in [0.05, 0.1) is 5.69 Å². The SMILES string of the molecule is CC1Oc2ccc(CCN3CCNCC3)cc2N(C)C1=O. The highest BCUT2D eigenvalue weighted by Crippen LogP contribution is 2.34. The second-order valence-electron chi connectivity index (χ2n) is 5.80. The number of benzene rings is 1. The highest BCUT2D eigenvalue weighted by molar-refractivity contribution is 5.99. The van der Waals surface area contributed by atoms with Gasteiger partial charge in [-0.2, -0.15) is 0 Å². The van der Waals surface area contributed by atoms with Crippen LogP contribution in [0, 0.1) is 0 Å². The summed E-state index contributed by atoms with van der Waals surface area (Å²) in [5.41, 5.74) is 2.14. The summed E-state index contributed by atoms with van der Waals surface area (Å²) < 4.78 is 5.65. The predicted octanol–water partition coefficient (Wildman–Crippen LogP) is 0.878. The van der Waals surface area contributed by atoms with E-state index < -0.39 is 6.10 Å². The molecule has 0 aliphatic carbocycles. The highest BCUT2D eigenvalue weighted by atomic mass is 16.5. The van der Waals surface area contributed by atoms with Gasteiger partial charge in [-0.1, -0.05) is 6.07 Å². The molecule has 0 spiro atoms. The van der Waals surface area contributed by atoms with Crippen LogP contribution in [-0.2, 0) is 11.2 Å². The Labute approximate surface area is 125 Å². The number of hydrogen-bond donors (Lipinski definition) is 1. The summed E-state index contributed by atoms with van der Waals surface area (Å²) in [6.45, 7) is 7.24. The van der Waals surface area contributed by atoms with Crippen molar-refractivity contribution in [3.05, 3.63) is 23.8 Å². The van der Waals surface area contributed by atoms with E-state index in [0.29, 0.717) is 0 Å². The van der Waals surface area contributed by atoms with E-state index in [0.717, 1.165) is 50.6 Å². The Morgan fingerprint density at radius 2 is 2.10 bits per heavy atom. The summed E-state index contributed by atoms with van der Waals surface area (Å²) in [6, 6.07) is 6.18. The van der Waals surface area contributed by atoms with Crippen molar-refractivity contribution in [3.63, 3.8) is 0 Å². The van der Waals surface area contributed by atoms with Crippen LogP contribution in [0.1, 0.15) is 12.5 Å². The van der Waals surface area contributed by atoms with Gasteiger partial charge in [-0.05, 0) is 31.0 Å². The van der Waals surface area contributed by atoms with Crippen molar-refractivity contribution in [2.45, 2.75) is 19.4 Å². The van der Waals surface area contributed by atoms with Crippen LogP contribution in [0.2, 0.25) is 0 Å². The molecule has 1 saturated heterocycles. The Morgan fingerprint density at radius 1 is 1.33 bits per heavy atom. The van der Waals surface area contributed by atoms with Crippen LogP contribution in [0.4, 0.5) is 5.69 Å². The lowest BCUT2D eigenvalue weighted by molar-refractivity contribution is -0.125. The van der Waals surface area contributed by atoms with E-state index in [1.165, 1.54) is 5.56 Å². The zero-order valence-corrected chi connectivity index (χ0v) is 12.8. The van der Waals surface area contributed by atoms with E-state index in [1.54, 1.807) is 11.8 Å². The standard InChI is InChI=1S/C16H23N3O2/c1-12-16(20)18(2)14-11-13(3-4-15(14)21-12)5-8-19-9-6-17-7-10-19/h3-4,11-12,17H,5-10H2,1-2H3. The van der Waals surface area contributed by atoms with Gasteiger partial charge in [-0.3, -0.25) is 4.79 Å². The van der Waals surface area contributed by atoms with Crippen LogP contribution in [0.25, 0.3) is 0 Å². The first-order valence-electron chi connectivity index (χ1n) is 7.65. The first-order chi connectivity index (χ1) is 10.1. The van der Waals surface area contributed by atoms with Gasteiger partial charge in [-0.15, -0.1) is 0 Å². The molecule has 1 amide bonds. The second-order valence-corrected chi connectivity index (χ2v) is 5.80. The number of nitrogens with zero attached hydrogens (tertiary/aromatic N) is 2. The number of hydrogen-bond acceptors (Lipinski definition) is 4. The Balaban J connectivity index is 1.69. The highest BCUT2D eigenvalue weighted by Gasteiger charge is 2.28. The number of piperazine rings is 1. The number of fused-ring (bicyclic) bond motifs is 1. The van der Waals surface area contributed by atoms with Crippen molar-refractivity contribution >= 4 is 11.6 Å². The molecule has 1 unspecified atom stereocenters. The molecule has 0 radical (unpaired) electrons. The molecule has 5 nitrogen and oxygen atoms in total. The van der Waals surface area contributed by atoms with Gasteiger partial charge in [0.15, 0.2) is 6.10 Å². The van der Waals surface area contributed by atoms with Crippen LogP contribution >= 0.6 is 0 Å². The number of ether oxygens (including phenoxy) is 1. The zero-order valence-electron chi connectivity index (χ0n) is 12.8. The minimum Gasteiger partial charge on any atom is -0.479 e. The van der Waals surface area contributed by atoms with Crippen molar-refractivity contribution in [2.24, 2.45) is 0 Å². The molecule has 1 aromatic carbocycles. The summed E-state index contributed by atoms with van der Waals surface area (Å²) in [7, 11) is 1.82. The molecule has 114 valence electrons. The van der Waals surface area contributed by atoms with E-state index in [2.05, 4.69) is 22.3 Å². The number of anilines is 1. The maximum absolute atomic E-state index is 12.0. The van der Waals surface area contributed by atoms with Gasteiger partial charge in [0.2, 0.25) is 0 Å². The number of amides is 1. The molecule has 2 aliphatic rings. The molecule has 21 heavy (non-hydrogen) atoms. The molecule has 1 N–H and O–H groups in total. The van der Waals surface area contributed by atoms with Gasteiger partial charge in [0.1, 0.15) is 5.75 Å². The molecular formula is C16H23N3O2. The van der Waals surface area contributed by atoms with Gasteiger partial charge in [0.25, 0.3) is 5.91 Å². The van der Waals surface area contributed by atoms with E-state index >= 15 is 0 Å². The smallest absolute Gasteiger partial charge is 0.267 e. The minimum atomic E-state index is -0.394. The molecule has 1 aromatic rings. The fourth-order valence-electron chi connectivity index (χ4n) is 2.93. The summed E-state index contributed by atoms with van der Waals surface area (Å²) >= 11 is 0. The third-order valence-corrected chi connectivity index (χ3v) is 4.29. The molecule has 3 rings (SSSR count). The van der Waals surface area contributed by atoms with E-state index in [-0.39, 0.29) is 5.91 Å². The van der Waals surface area contributed by atoms with Gasteiger partial charge in [-0.25, -0.2) is 0 Å². The fraction of sp³-hybridized carbons (Fsp3) is 0.562. The molecular weight excluding hydrogens is 266 g/mol. The predicted molar refractivity (Wildman–Crippen MR) is 83.0 cm³/mol. The molecule has 1 atom stereocenters. The summed E-state index contributed by atoms with van der Waals surface area (Å²) in [6.07, 6.45) is 0.611. The average molecular weight is 289 g/mol. The maximum atomic E-state index is 12.0. The Hall–Kier alpha value is -1.59. The van der Waals surface area contributed by atoms with Crippen LogP contribution in [0.3, 0.4) is 0 Å². The summed E-state index contributed by atoms with van der Waals surface area (Å²) in [4.78, 5) is 16.2. The molecule has 0 bridgehead atoms. The van der Waals surface area contributed by atoms with E-state index in [9.17, 15) is 4.79 Å². The quantitative estimate of drug-likeness (QED) is 0.897. The third-order valence-electron chi connectivity index (χ3n) is 4.29. The first-order valence-corrected chi connectivity index (χ1v) is 7.65. The maximum Gasteiger partial charge on any atom is 0.267 e. The largest absolute Gasteiger partial charge is 0.479 e. The molecule has 0 aromatic heterocycles. The van der Waals surface area contributed by atoms with Crippen LogP contribution in [0.15, 0.2) is 18.2 Å². The second kappa shape index (κ2) is 6.03. The topological polar surface area (TPSA) is 44.8 Å². The van der Waals surface area contributed by atoms with Crippen LogP contribution < -0.4 is 15.0 Å². The van der Waals surface area contributed by atoms with Gasteiger partial charge < -0.3 is 19.9 Å². The van der Waals surface area contributed by atoms with Crippen LogP contribution in [0.5, 0.6) is 5.75 Å². The minimum absolute atomic E-state index is 0.0155. The van der Waals surface area contributed by atoms with Crippen molar-refractivity contribution in [1.82, 2.24) is 10.2 Å². The van der Waals surface area contributed by atoms with Crippen molar-refractivity contribution < 1.29 is 9.53 Å². The lowest BCUT2D eigenvalue weighted by atomic mass is 10.1. The lowest BCUT2D eigenvalue weighted by Crippen LogP contribution is -2.44. The molecule has 2 heterocycles. The van der Waals surface area contributed by atoms with Crippen LogP contribution in [-0.4, -0.2) is 56.7 Å². The molecule has 0 saturated carbocycles.